The molecule has 0 saturated heterocycles. The van der Waals surface area contributed by atoms with E-state index in [-0.39, 0.29) is 5.54 Å². The van der Waals surface area contributed by atoms with Gasteiger partial charge in [0.15, 0.2) is 0 Å². The van der Waals surface area contributed by atoms with Crippen LogP contribution >= 0.6 is 0 Å². The van der Waals surface area contributed by atoms with Gasteiger partial charge in [0.05, 0.1) is 7.11 Å². The van der Waals surface area contributed by atoms with Gasteiger partial charge in [0.1, 0.15) is 11.9 Å². The Bertz CT molecular complexity index is 349. The molecule has 1 aliphatic carbocycles. The fourth-order valence-corrected chi connectivity index (χ4v) is 1.76. The number of para-hydroxylation sites is 1. The molecule has 3 heteroatoms. The maximum atomic E-state index is 14.0. The van der Waals surface area contributed by atoms with E-state index in [1.54, 1.807) is 19.2 Å². The van der Waals surface area contributed by atoms with Gasteiger partial charge in [-0.25, -0.2) is 4.39 Å². The molecular formula is C12H16FNO. The molecule has 0 amide bonds. The number of nitrogens with two attached hydrogens (primary N) is 1. The molecule has 1 unspecified atom stereocenters. The van der Waals surface area contributed by atoms with Crippen molar-refractivity contribution in [3.63, 3.8) is 0 Å². The van der Waals surface area contributed by atoms with Crippen LogP contribution in [0.1, 0.15) is 31.0 Å². The van der Waals surface area contributed by atoms with Crippen LogP contribution in [0.3, 0.4) is 0 Å². The van der Waals surface area contributed by atoms with Crippen molar-refractivity contribution in [2.24, 2.45) is 5.73 Å². The zero-order valence-electron chi connectivity index (χ0n) is 8.87. The van der Waals surface area contributed by atoms with Gasteiger partial charge in [0.2, 0.25) is 0 Å². The summed E-state index contributed by atoms with van der Waals surface area (Å²) in [6.45, 7) is 0. The first-order valence-electron chi connectivity index (χ1n) is 5.20. The average molecular weight is 209 g/mol. The van der Waals surface area contributed by atoms with Gasteiger partial charge in [0, 0.05) is 17.5 Å². The minimum absolute atomic E-state index is 0.264. The normalized spacial score (nSPS) is 19.7. The van der Waals surface area contributed by atoms with E-state index in [4.69, 9.17) is 10.5 Å². The number of alkyl halides is 1. The Morgan fingerprint density at radius 3 is 2.73 bits per heavy atom. The predicted octanol–water partition coefficient (Wildman–Crippen LogP) is 2.59. The van der Waals surface area contributed by atoms with Gasteiger partial charge in [-0.05, 0) is 18.9 Å². The summed E-state index contributed by atoms with van der Waals surface area (Å²) in [5.41, 5.74) is 6.24. The van der Waals surface area contributed by atoms with Crippen LogP contribution in [0, 0.1) is 0 Å². The van der Waals surface area contributed by atoms with Crippen molar-refractivity contribution >= 4 is 0 Å². The first kappa shape index (κ1) is 10.4. The lowest BCUT2D eigenvalue weighted by atomic mass is 10.0. The highest BCUT2D eigenvalue weighted by Crippen LogP contribution is 2.43. The molecule has 0 heterocycles. The van der Waals surface area contributed by atoms with Crippen molar-refractivity contribution in [3.05, 3.63) is 29.8 Å². The molecule has 82 valence electrons. The number of ether oxygens (including phenoxy) is 1. The lowest BCUT2D eigenvalue weighted by Crippen LogP contribution is -2.23. The Morgan fingerprint density at radius 1 is 1.47 bits per heavy atom. The van der Waals surface area contributed by atoms with E-state index in [1.807, 2.05) is 12.1 Å². The Labute approximate surface area is 89.2 Å². The van der Waals surface area contributed by atoms with Gasteiger partial charge in [-0.3, -0.25) is 0 Å². The average Bonchev–Trinajstić information content (AvgIpc) is 2.96. The number of halogens is 1. The van der Waals surface area contributed by atoms with Crippen molar-refractivity contribution < 1.29 is 9.13 Å². The molecule has 2 N–H and O–H groups in total. The van der Waals surface area contributed by atoms with E-state index in [9.17, 15) is 4.39 Å². The number of rotatable bonds is 4. The first-order valence-corrected chi connectivity index (χ1v) is 5.20. The fourth-order valence-electron chi connectivity index (χ4n) is 1.76. The molecule has 0 aromatic heterocycles. The second-order valence-corrected chi connectivity index (χ2v) is 4.28. The first-order chi connectivity index (χ1) is 7.14. The molecule has 1 aliphatic rings. The zero-order chi connectivity index (χ0) is 10.9. The summed E-state index contributed by atoms with van der Waals surface area (Å²) in [6, 6.07) is 7.19. The summed E-state index contributed by atoms with van der Waals surface area (Å²) in [6.07, 6.45) is 1.24. The quantitative estimate of drug-likeness (QED) is 0.827. The maximum absolute atomic E-state index is 14.0. The molecule has 0 spiro atoms. The molecule has 0 bridgehead atoms. The third-order valence-electron chi connectivity index (χ3n) is 2.95. The minimum Gasteiger partial charge on any atom is -0.496 e. The number of benzene rings is 1. The molecular weight excluding hydrogens is 193 g/mol. The topological polar surface area (TPSA) is 35.2 Å². The van der Waals surface area contributed by atoms with E-state index < -0.39 is 6.17 Å². The number of hydrogen-bond donors (Lipinski definition) is 1. The van der Waals surface area contributed by atoms with E-state index in [0.29, 0.717) is 17.7 Å². The van der Waals surface area contributed by atoms with Crippen LogP contribution in [0.15, 0.2) is 24.3 Å². The van der Waals surface area contributed by atoms with Gasteiger partial charge >= 0.3 is 0 Å². The smallest absolute Gasteiger partial charge is 0.130 e. The van der Waals surface area contributed by atoms with Gasteiger partial charge < -0.3 is 10.5 Å². The molecule has 1 atom stereocenters. The van der Waals surface area contributed by atoms with Crippen molar-refractivity contribution in [1.82, 2.24) is 0 Å². The molecule has 1 saturated carbocycles. The van der Waals surface area contributed by atoms with Crippen LogP contribution in [-0.2, 0) is 0 Å². The second-order valence-electron chi connectivity index (χ2n) is 4.28. The van der Waals surface area contributed by atoms with E-state index in [0.717, 1.165) is 12.8 Å². The van der Waals surface area contributed by atoms with Crippen LogP contribution in [-0.4, -0.2) is 12.6 Å². The molecule has 2 rings (SSSR count). The van der Waals surface area contributed by atoms with E-state index >= 15 is 0 Å². The minimum atomic E-state index is -1.02. The summed E-state index contributed by atoms with van der Waals surface area (Å²) < 4.78 is 19.1. The van der Waals surface area contributed by atoms with Gasteiger partial charge in [-0.1, -0.05) is 18.2 Å². The van der Waals surface area contributed by atoms with Crippen LogP contribution in [0.5, 0.6) is 5.75 Å². The van der Waals surface area contributed by atoms with Crippen LogP contribution < -0.4 is 10.5 Å². The maximum Gasteiger partial charge on any atom is 0.130 e. The summed E-state index contributed by atoms with van der Waals surface area (Å²) in [5.74, 6) is 0.606. The molecule has 1 aromatic rings. The zero-order valence-corrected chi connectivity index (χ0v) is 8.87. The number of hydrogen-bond acceptors (Lipinski definition) is 2. The van der Waals surface area contributed by atoms with E-state index in [2.05, 4.69) is 0 Å². The lowest BCUT2D eigenvalue weighted by Gasteiger charge is -2.15. The third kappa shape index (κ3) is 2.29. The van der Waals surface area contributed by atoms with Gasteiger partial charge in [-0.2, -0.15) is 0 Å². The van der Waals surface area contributed by atoms with Crippen LogP contribution in [0.25, 0.3) is 0 Å². The molecule has 1 aromatic carbocycles. The van der Waals surface area contributed by atoms with Crippen LogP contribution in [0.2, 0.25) is 0 Å². The summed E-state index contributed by atoms with van der Waals surface area (Å²) in [4.78, 5) is 0. The SMILES string of the molecule is COc1ccccc1C(F)CC1(N)CC1. The molecule has 1 fully saturated rings. The third-order valence-corrected chi connectivity index (χ3v) is 2.95. The Kier molecular flexibility index (Phi) is 2.65. The van der Waals surface area contributed by atoms with E-state index in [1.165, 1.54) is 0 Å². The standard InChI is InChI=1S/C12H16FNO/c1-15-11-5-3-2-4-9(11)10(13)8-12(14)6-7-12/h2-5,10H,6-8,14H2,1H3. The molecule has 15 heavy (non-hydrogen) atoms. The summed E-state index contributed by atoms with van der Waals surface area (Å²) in [7, 11) is 1.56. The highest BCUT2D eigenvalue weighted by molar-refractivity contribution is 5.35. The Balaban J connectivity index is 2.13. The Morgan fingerprint density at radius 2 is 2.13 bits per heavy atom. The van der Waals surface area contributed by atoms with Crippen molar-refractivity contribution in [1.29, 1.82) is 0 Å². The summed E-state index contributed by atoms with van der Waals surface area (Å²) >= 11 is 0. The van der Waals surface area contributed by atoms with Crippen molar-refractivity contribution in [2.75, 3.05) is 7.11 Å². The molecule has 2 nitrogen and oxygen atoms in total. The summed E-state index contributed by atoms with van der Waals surface area (Å²) in [5, 5.41) is 0. The highest BCUT2D eigenvalue weighted by Gasteiger charge is 2.41. The molecule has 0 radical (unpaired) electrons. The highest BCUT2D eigenvalue weighted by atomic mass is 19.1. The van der Waals surface area contributed by atoms with Gasteiger partial charge in [-0.15, -0.1) is 0 Å². The second kappa shape index (κ2) is 3.81. The molecule has 0 aliphatic heterocycles. The van der Waals surface area contributed by atoms with Gasteiger partial charge in [0.25, 0.3) is 0 Å². The van der Waals surface area contributed by atoms with Crippen LogP contribution in [0.4, 0.5) is 4.39 Å². The fraction of sp³-hybridized carbons (Fsp3) is 0.500. The van der Waals surface area contributed by atoms with Crippen molar-refractivity contribution in [3.8, 4) is 5.75 Å². The number of methoxy groups -OCH3 is 1. The monoisotopic (exact) mass is 209 g/mol. The predicted molar refractivity (Wildman–Crippen MR) is 57.6 cm³/mol. The largest absolute Gasteiger partial charge is 0.496 e. The van der Waals surface area contributed by atoms with Crippen molar-refractivity contribution in [2.45, 2.75) is 31.0 Å². The lowest BCUT2D eigenvalue weighted by molar-refractivity contribution is 0.284. The Hall–Kier alpha value is -1.09.